The lowest BCUT2D eigenvalue weighted by Crippen LogP contribution is -2.44. The average Bonchev–Trinajstić information content (AvgIpc) is 2.51. The lowest BCUT2D eigenvalue weighted by atomic mass is 9.86. The first-order chi connectivity index (χ1) is 10.9. The van der Waals surface area contributed by atoms with E-state index >= 15 is 0 Å². The van der Waals surface area contributed by atoms with E-state index in [1.807, 2.05) is 0 Å². The van der Waals surface area contributed by atoms with Crippen molar-refractivity contribution in [2.24, 2.45) is 5.92 Å². The second-order valence-corrected chi connectivity index (χ2v) is 5.94. The van der Waals surface area contributed by atoms with Crippen molar-refractivity contribution in [2.45, 2.75) is 38.3 Å². The Kier molecular flexibility index (Phi) is 5.52. The SMILES string of the molecule is CN(Cc1ccc(F)c(F)c1)C(=O)NC1CCC(C(=O)O)CC1. The van der Waals surface area contributed by atoms with Gasteiger partial charge in [0.15, 0.2) is 11.6 Å². The predicted molar refractivity (Wildman–Crippen MR) is 79.7 cm³/mol. The van der Waals surface area contributed by atoms with Crippen LogP contribution in [0.3, 0.4) is 0 Å². The number of nitrogens with one attached hydrogen (secondary N) is 1. The van der Waals surface area contributed by atoms with Crippen LogP contribution in [-0.4, -0.2) is 35.1 Å². The highest BCUT2D eigenvalue weighted by Crippen LogP contribution is 2.24. The molecule has 0 spiro atoms. The van der Waals surface area contributed by atoms with Gasteiger partial charge in [-0.05, 0) is 43.4 Å². The van der Waals surface area contributed by atoms with E-state index in [0.29, 0.717) is 31.2 Å². The molecule has 0 aliphatic heterocycles. The van der Waals surface area contributed by atoms with E-state index in [1.165, 1.54) is 11.0 Å². The zero-order valence-corrected chi connectivity index (χ0v) is 12.9. The van der Waals surface area contributed by atoms with Crippen molar-refractivity contribution < 1.29 is 23.5 Å². The van der Waals surface area contributed by atoms with Crippen LogP contribution < -0.4 is 5.32 Å². The van der Waals surface area contributed by atoms with Gasteiger partial charge < -0.3 is 15.3 Å². The number of hydrogen-bond acceptors (Lipinski definition) is 2. The van der Waals surface area contributed by atoms with E-state index in [-0.39, 0.29) is 24.5 Å². The molecule has 0 saturated heterocycles. The third-order valence-corrected chi connectivity index (χ3v) is 4.15. The second kappa shape index (κ2) is 7.39. The zero-order chi connectivity index (χ0) is 17.0. The molecule has 0 heterocycles. The van der Waals surface area contributed by atoms with E-state index in [9.17, 15) is 18.4 Å². The Morgan fingerprint density at radius 2 is 1.87 bits per heavy atom. The maximum atomic E-state index is 13.2. The minimum absolute atomic E-state index is 0.0505. The summed E-state index contributed by atoms with van der Waals surface area (Å²) in [6, 6.07) is 3.17. The molecular weight excluding hydrogens is 306 g/mol. The van der Waals surface area contributed by atoms with Gasteiger partial charge in [-0.15, -0.1) is 0 Å². The molecule has 1 fully saturated rings. The van der Waals surface area contributed by atoms with Crippen LogP contribution in [0.15, 0.2) is 18.2 Å². The molecule has 7 heteroatoms. The normalized spacial score (nSPS) is 20.8. The molecule has 1 aromatic carbocycles. The number of carbonyl (C=O) groups is 2. The van der Waals surface area contributed by atoms with Crippen LogP contribution in [0.4, 0.5) is 13.6 Å². The Bertz CT molecular complexity index is 587. The number of rotatable bonds is 4. The fourth-order valence-electron chi connectivity index (χ4n) is 2.75. The molecule has 2 amide bonds. The van der Waals surface area contributed by atoms with E-state index in [1.54, 1.807) is 7.05 Å². The highest BCUT2D eigenvalue weighted by atomic mass is 19.2. The van der Waals surface area contributed by atoms with Gasteiger partial charge in [0.1, 0.15) is 0 Å². The number of nitrogens with zero attached hydrogens (tertiary/aromatic N) is 1. The molecule has 1 saturated carbocycles. The van der Waals surface area contributed by atoms with Crippen LogP contribution in [0, 0.1) is 17.6 Å². The minimum atomic E-state index is -0.941. The quantitative estimate of drug-likeness (QED) is 0.894. The Morgan fingerprint density at radius 1 is 1.22 bits per heavy atom. The van der Waals surface area contributed by atoms with E-state index in [4.69, 9.17) is 5.11 Å². The van der Waals surface area contributed by atoms with Crippen molar-refractivity contribution >= 4 is 12.0 Å². The minimum Gasteiger partial charge on any atom is -0.481 e. The topological polar surface area (TPSA) is 69.6 Å². The molecule has 1 aliphatic rings. The number of aliphatic carboxylic acids is 1. The number of hydrogen-bond donors (Lipinski definition) is 2. The Morgan fingerprint density at radius 3 is 2.43 bits per heavy atom. The second-order valence-electron chi connectivity index (χ2n) is 5.94. The number of urea groups is 1. The third kappa shape index (κ3) is 4.64. The van der Waals surface area contributed by atoms with Crippen LogP contribution in [0.5, 0.6) is 0 Å². The van der Waals surface area contributed by atoms with Gasteiger partial charge >= 0.3 is 12.0 Å². The summed E-state index contributed by atoms with van der Waals surface area (Å²) in [6.45, 7) is 0.160. The van der Waals surface area contributed by atoms with Gasteiger partial charge in [0.25, 0.3) is 0 Å². The molecule has 23 heavy (non-hydrogen) atoms. The standard InChI is InChI=1S/C16H20F2N2O3/c1-20(9-10-2-7-13(17)14(18)8-10)16(23)19-12-5-3-11(4-6-12)15(21)22/h2,7-8,11-12H,3-6,9H2,1H3,(H,19,23)(H,21,22). The summed E-state index contributed by atoms with van der Waals surface area (Å²) in [6.07, 6.45) is 2.35. The van der Waals surface area contributed by atoms with E-state index in [2.05, 4.69) is 5.32 Å². The Balaban J connectivity index is 1.83. The molecule has 0 unspecified atom stereocenters. The van der Waals surface area contributed by atoms with Crippen molar-refractivity contribution in [1.82, 2.24) is 10.2 Å². The molecule has 2 rings (SSSR count). The first kappa shape index (κ1) is 17.2. The number of carboxylic acid groups (broad SMARTS) is 1. The van der Waals surface area contributed by atoms with Gasteiger partial charge in [0.2, 0.25) is 0 Å². The van der Waals surface area contributed by atoms with Crippen LogP contribution in [0.1, 0.15) is 31.2 Å². The molecule has 0 atom stereocenters. The number of amides is 2. The largest absolute Gasteiger partial charge is 0.481 e. The number of halogens is 2. The van der Waals surface area contributed by atoms with E-state index < -0.39 is 17.6 Å². The third-order valence-electron chi connectivity index (χ3n) is 4.15. The van der Waals surface area contributed by atoms with Crippen molar-refractivity contribution in [3.05, 3.63) is 35.4 Å². The predicted octanol–water partition coefficient (Wildman–Crippen LogP) is 2.75. The smallest absolute Gasteiger partial charge is 0.317 e. The van der Waals surface area contributed by atoms with Crippen LogP contribution in [-0.2, 0) is 11.3 Å². The Labute approximate surface area is 133 Å². The molecular formula is C16H20F2N2O3. The lowest BCUT2D eigenvalue weighted by Gasteiger charge is -2.28. The summed E-state index contributed by atoms with van der Waals surface area (Å²) in [4.78, 5) is 24.4. The summed E-state index contributed by atoms with van der Waals surface area (Å²) in [5, 5.41) is 11.8. The molecule has 2 N–H and O–H groups in total. The first-order valence-corrected chi connectivity index (χ1v) is 7.55. The molecule has 0 bridgehead atoms. The lowest BCUT2D eigenvalue weighted by molar-refractivity contribution is -0.142. The van der Waals surface area contributed by atoms with Gasteiger partial charge in [-0.3, -0.25) is 4.79 Å². The van der Waals surface area contributed by atoms with Gasteiger partial charge in [-0.25, -0.2) is 13.6 Å². The highest BCUT2D eigenvalue weighted by Gasteiger charge is 2.27. The first-order valence-electron chi connectivity index (χ1n) is 7.55. The number of carboxylic acids is 1. The van der Waals surface area contributed by atoms with Crippen LogP contribution in [0.2, 0.25) is 0 Å². The molecule has 1 aliphatic carbocycles. The van der Waals surface area contributed by atoms with Gasteiger partial charge in [-0.2, -0.15) is 0 Å². The maximum absolute atomic E-state index is 13.2. The zero-order valence-electron chi connectivity index (χ0n) is 12.9. The molecule has 0 aromatic heterocycles. The highest BCUT2D eigenvalue weighted by molar-refractivity contribution is 5.74. The van der Waals surface area contributed by atoms with Crippen molar-refractivity contribution in [2.75, 3.05) is 7.05 Å². The molecule has 1 aromatic rings. The van der Waals surface area contributed by atoms with Crippen LogP contribution >= 0.6 is 0 Å². The summed E-state index contributed by atoms with van der Waals surface area (Å²) in [5.41, 5.74) is 0.496. The number of carbonyl (C=O) groups excluding carboxylic acids is 1. The molecule has 0 radical (unpaired) electrons. The number of benzene rings is 1. The average molecular weight is 326 g/mol. The summed E-state index contributed by atoms with van der Waals surface area (Å²) >= 11 is 0. The molecule has 126 valence electrons. The van der Waals surface area contributed by atoms with Gasteiger partial charge in [-0.1, -0.05) is 6.07 Å². The van der Waals surface area contributed by atoms with Crippen molar-refractivity contribution in [1.29, 1.82) is 0 Å². The summed E-state index contributed by atoms with van der Waals surface area (Å²) in [7, 11) is 1.57. The van der Waals surface area contributed by atoms with Crippen molar-refractivity contribution in [3.63, 3.8) is 0 Å². The summed E-state index contributed by atoms with van der Waals surface area (Å²) < 4.78 is 26.0. The molecule has 5 nitrogen and oxygen atoms in total. The van der Waals surface area contributed by atoms with E-state index in [0.717, 1.165) is 12.1 Å². The monoisotopic (exact) mass is 326 g/mol. The van der Waals surface area contributed by atoms with Gasteiger partial charge in [0, 0.05) is 19.6 Å². The van der Waals surface area contributed by atoms with Crippen molar-refractivity contribution in [3.8, 4) is 0 Å². The fraction of sp³-hybridized carbons (Fsp3) is 0.500. The summed E-state index contributed by atoms with van der Waals surface area (Å²) in [5.74, 6) is -2.98. The maximum Gasteiger partial charge on any atom is 0.317 e. The fourth-order valence-corrected chi connectivity index (χ4v) is 2.75. The van der Waals surface area contributed by atoms with Crippen LogP contribution in [0.25, 0.3) is 0 Å². The Hall–Kier alpha value is -2.18. The van der Waals surface area contributed by atoms with Gasteiger partial charge in [0.05, 0.1) is 5.92 Å².